The van der Waals surface area contributed by atoms with Crippen LogP contribution in [-0.2, 0) is 12.8 Å². The largest absolute Gasteiger partial charge is 0.369 e. The smallest absolute Gasteiger partial charge is 0.251 e. The summed E-state index contributed by atoms with van der Waals surface area (Å²) in [7, 11) is 2.12. The molecule has 0 spiro atoms. The molecule has 2 N–H and O–H groups in total. The van der Waals surface area contributed by atoms with Crippen molar-refractivity contribution in [1.29, 1.82) is 0 Å². The van der Waals surface area contributed by atoms with Crippen LogP contribution in [0.25, 0.3) is 22.3 Å². The Morgan fingerprint density at radius 1 is 0.946 bits per heavy atom. The van der Waals surface area contributed by atoms with Crippen molar-refractivity contribution < 1.29 is 9.18 Å². The summed E-state index contributed by atoms with van der Waals surface area (Å²) in [5.41, 5.74) is 7.36. The number of nitrogens with zero attached hydrogens (tertiary/aromatic N) is 3. The molecule has 6 rings (SSSR count). The lowest BCUT2D eigenvalue weighted by molar-refractivity contribution is 0.0946. The van der Waals surface area contributed by atoms with Crippen LogP contribution in [0.4, 0.5) is 15.9 Å². The predicted octanol–water partition coefficient (Wildman–Crippen LogP) is 4.77. The fraction of sp³-hybridized carbons (Fsp3) is 0.310. The number of aromatic nitrogens is 1. The van der Waals surface area contributed by atoms with E-state index in [4.69, 9.17) is 11.6 Å². The zero-order valence-corrected chi connectivity index (χ0v) is 21.6. The molecule has 0 aliphatic carbocycles. The molecule has 0 unspecified atom stereocenters. The number of anilines is 2. The van der Waals surface area contributed by atoms with Gasteiger partial charge in [0.15, 0.2) is 0 Å². The van der Waals surface area contributed by atoms with Crippen molar-refractivity contribution in [1.82, 2.24) is 15.2 Å². The van der Waals surface area contributed by atoms with E-state index in [9.17, 15) is 4.79 Å². The van der Waals surface area contributed by atoms with E-state index in [2.05, 4.69) is 45.1 Å². The number of hydrogen-bond acceptors (Lipinski definition) is 5. The van der Waals surface area contributed by atoms with Gasteiger partial charge in [0.05, 0.1) is 5.02 Å². The summed E-state index contributed by atoms with van der Waals surface area (Å²) < 4.78 is 15.5. The molecule has 3 aliphatic rings. The Kier molecular flexibility index (Phi) is 6.13. The molecule has 1 aromatic heterocycles. The Hall–Kier alpha value is -3.42. The van der Waals surface area contributed by atoms with Crippen molar-refractivity contribution >= 4 is 29.0 Å². The Morgan fingerprint density at radius 2 is 1.73 bits per heavy atom. The zero-order chi connectivity index (χ0) is 25.7. The number of benzene rings is 2. The van der Waals surface area contributed by atoms with Crippen LogP contribution >= 0.6 is 11.6 Å². The molecule has 6 nitrogen and oxygen atoms in total. The van der Waals surface area contributed by atoms with Gasteiger partial charge in [-0.1, -0.05) is 29.8 Å². The lowest BCUT2D eigenvalue weighted by atomic mass is 9.87. The molecule has 37 heavy (non-hydrogen) atoms. The highest BCUT2D eigenvalue weighted by Crippen LogP contribution is 2.40. The van der Waals surface area contributed by atoms with Crippen molar-refractivity contribution in [2.75, 3.05) is 56.5 Å². The molecule has 8 heteroatoms. The molecule has 4 heterocycles. The molecular weight excluding hydrogens is 489 g/mol. The van der Waals surface area contributed by atoms with Crippen LogP contribution in [0.5, 0.6) is 0 Å². The van der Waals surface area contributed by atoms with Gasteiger partial charge in [0.25, 0.3) is 5.91 Å². The molecular formula is C29H29ClFN5O. The van der Waals surface area contributed by atoms with Gasteiger partial charge in [-0.2, -0.15) is 4.39 Å². The molecule has 3 aliphatic heterocycles. The maximum absolute atomic E-state index is 15.5. The molecule has 0 bridgehead atoms. The Morgan fingerprint density at radius 3 is 2.51 bits per heavy atom. The molecule has 2 aromatic carbocycles. The molecule has 1 fully saturated rings. The molecule has 3 aromatic rings. The van der Waals surface area contributed by atoms with E-state index < -0.39 is 5.95 Å². The summed E-state index contributed by atoms with van der Waals surface area (Å²) in [6.07, 6.45) is 1.37. The van der Waals surface area contributed by atoms with E-state index in [-0.39, 0.29) is 5.91 Å². The summed E-state index contributed by atoms with van der Waals surface area (Å²) in [5, 5.41) is 6.67. The quantitative estimate of drug-likeness (QED) is 0.379. The Labute approximate surface area is 221 Å². The van der Waals surface area contributed by atoms with Crippen molar-refractivity contribution in [3.63, 3.8) is 0 Å². The second-order valence-electron chi connectivity index (χ2n) is 10.1. The predicted molar refractivity (Wildman–Crippen MR) is 147 cm³/mol. The van der Waals surface area contributed by atoms with Gasteiger partial charge in [0, 0.05) is 67.2 Å². The van der Waals surface area contributed by atoms with E-state index in [1.807, 2.05) is 30.3 Å². The second-order valence-corrected chi connectivity index (χ2v) is 10.5. The van der Waals surface area contributed by atoms with Crippen molar-refractivity contribution in [2.45, 2.75) is 12.8 Å². The Balaban J connectivity index is 1.45. The number of halogens is 2. The number of rotatable bonds is 2. The average molecular weight is 518 g/mol. The van der Waals surface area contributed by atoms with E-state index in [0.717, 1.165) is 66.1 Å². The first-order chi connectivity index (χ1) is 17.9. The van der Waals surface area contributed by atoms with Gasteiger partial charge in [-0.15, -0.1) is 0 Å². The third kappa shape index (κ3) is 4.47. The third-order valence-electron chi connectivity index (χ3n) is 7.58. The number of piperazine rings is 1. The molecule has 0 saturated carbocycles. The zero-order valence-electron chi connectivity index (χ0n) is 20.8. The SMILES string of the molecule is C=C1CNc2nc(F)c(-c3ccc(N4CCN(C)CC4)cc3Cl)cc2-c2cc3c(cc2C1)C(=O)NCC3. The first kappa shape index (κ1) is 23.9. The molecule has 0 radical (unpaired) electrons. The van der Waals surface area contributed by atoms with Crippen molar-refractivity contribution in [3.8, 4) is 22.3 Å². The lowest BCUT2D eigenvalue weighted by Gasteiger charge is -2.34. The van der Waals surface area contributed by atoms with E-state index in [1.165, 1.54) is 0 Å². The maximum atomic E-state index is 15.5. The highest BCUT2D eigenvalue weighted by Gasteiger charge is 2.25. The van der Waals surface area contributed by atoms with Crippen LogP contribution in [0.15, 0.2) is 48.6 Å². The highest BCUT2D eigenvalue weighted by molar-refractivity contribution is 6.33. The highest BCUT2D eigenvalue weighted by atomic mass is 35.5. The number of carbonyl (C=O) groups excluding carboxylic acids is 1. The summed E-state index contributed by atoms with van der Waals surface area (Å²) >= 11 is 6.75. The van der Waals surface area contributed by atoms with Crippen molar-refractivity contribution in [2.24, 2.45) is 0 Å². The monoisotopic (exact) mass is 517 g/mol. The van der Waals surface area contributed by atoms with Crippen LogP contribution in [0, 0.1) is 5.95 Å². The number of carbonyl (C=O) groups is 1. The fourth-order valence-corrected chi connectivity index (χ4v) is 5.73. The molecule has 1 saturated heterocycles. The minimum atomic E-state index is -0.578. The van der Waals surface area contributed by atoms with E-state index in [0.29, 0.717) is 47.0 Å². The normalized spacial score (nSPS) is 17.6. The fourth-order valence-electron chi connectivity index (χ4n) is 5.45. The summed E-state index contributed by atoms with van der Waals surface area (Å²) in [5.74, 6) is -0.167. The van der Waals surface area contributed by atoms with Gasteiger partial charge in [-0.05, 0) is 66.9 Å². The molecule has 0 atom stereocenters. The van der Waals surface area contributed by atoms with Crippen molar-refractivity contribution in [3.05, 3.63) is 76.2 Å². The minimum Gasteiger partial charge on any atom is -0.369 e. The second kappa shape index (κ2) is 9.47. The van der Waals surface area contributed by atoms with Gasteiger partial charge in [0.1, 0.15) is 5.82 Å². The van der Waals surface area contributed by atoms with Gasteiger partial charge < -0.3 is 20.4 Å². The topological polar surface area (TPSA) is 60.5 Å². The number of nitrogens with one attached hydrogen (secondary N) is 2. The third-order valence-corrected chi connectivity index (χ3v) is 7.89. The summed E-state index contributed by atoms with van der Waals surface area (Å²) in [6, 6.07) is 11.7. The summed E-state index contributed by atoms with van der Waals surface area (Å²) in [6.45, 7) is 9.08. The standard InChI is InChI=1S/C29H29ClFN5O/c1-17-11-19-13-23-18(5-6-32-29(23)37)12-22(19)25-15-24(27(31)34-28(25)33-16-17)21-4-3-20(14-26(21)30)36-9-7-35(2)8-10-36/h3-4,12-15H,1,5-11,16H2,2H3,(H,32,37)(H,33,34). The number of likely N-dealkylation sites (N-methyl/N-ethyl adjacent to an activating group) is 1. The van der Waals surface area contributed by atoms with Gasteiger partial charge >= 0.3 is 0 Å². The minimum absolute atomic E-state index is 0.0554. The first-order valence-electron chi connectivity index (χ1n) is 12.7. The van der Waals surface area contributed by atoms with Crippen LogP contribution in [0.3, 0.4) is 0 Å². The average Bonchev–Trinajstić information content (AvgIpc) is 2.88. The van der Waals surface area contributed by atoms with Gasteiger partial charge in [0.2, 0.25) is 5.95 Å². The number of fused-ring (bicyclic) bond motifs is 4. The number of amides is 1. The van der Waals surface area contributed by atoms with Gasteiger partial charge in [-0.3, -0.25) is 4.79 Å². The van der Waals surface area contributed by atoms with E-state index >= 15 is 4.39 Å². The van der Waals surface area contributed by atoms with Crippen LogP contribution < -0.4 is 15.5 Å². The lowest BCUT2D eigenvalue weighted by Crippen LogP contribution is -2.44. The first-order valence-corrected chi connectivity index (χ1v) is 13.0. The number of pyridine rings is 1. The van der Waals surface area contributed by atoms with Crippen LogP contribution in [-0.4, -0.2) is 62.1 Å². The Bertz CT molecular complexity index is 1430. The maximum Gasteiger partial charge on any atom is 0.251 e. The molecule has 190 valence electrons. The van der Waals surface area contributed by atoms with Crippen LogP contribution in [0.2, 0.25) is 5.02 Å². The van der Waals surface area contributed by atoms with Gasteiger partial charge in [-0.25, -0.2) is 4.98 Å². The molecule has 1 amide bonds. The number of hydrogen-bond donors (Lipinski definition) is 2. The summed E-state index contributed by atoms with van der Waals surface area (Å²) in [4.78, 5) is 21.4. The van der Waals surface area contributed by atoms with E-state index in [1.54, 1.807) is 0 Å². The van der Waals surface area contributed by atoms with Crippen LogP contribution in [0.1, 0.15) is 21.5 Å².